The Balaban J connectivity index is 2.16. The first-order chi connectivity index (χ1) is 9.28. The van der Waals surface area contributed by atoms with Crippen LogP contribution >= 0.6 is 22.9 Å². The molecule has 3 rings (SSSR count). The molecule has 0 aliphatic rings. The van der Waals surface area contributed by atoms with Gasteiger partial charge >= 0.3 is 0 Å². The second-order valence-corrected chi connectivity index (χ2v) is 5.10. The average Bonchev–Trinajstić information content (AvgIpc) is 3.09. The first-order valence-electron chi connectivity index (χ1n) is 5.42. The van der Waals surface area contributed by atoms with Crippen LogP contribution in [0.2, 0.25) is 5.02 Å². The average molecular weight is 287 g/mol. The molecule has 0 saturated carbocycles. The summed E-state index contributed by atoms with van der Waals surface area (Å²) in [7, 11) is 0. The summed E-state index contributed by atoms with van der Waals surface area (Å²) < 4.78 is 0. The summed E-state index contributed by atoms with van der Waals surface area (Å²) in [5, 5.41) is 23.8. The number of benzene rings is 1. The van der Waals surface area contributed by atoms with E-state index in [2.05, 4.69) is 15.4 Å². The normalized spacial score (nSPS) is 10.3. The zero-order valence-electron chi connectivity index (χ0n) is 9.59. The molecule has 19 heavy (non-hydrogen) atoms. The first kappa shape index (κ1) is 11.9. The van der Waals surface area contributed by atoms with Crippen molar-refractivity contribution in [1.29, 1.82) is 5.26 Å². The van der Waals surface area contributed by atoms with Gasteiger partial charge in [-0.15, -0.1) is 5.10 Å². The molecule has 2 heterocycles. The van der Waals surface area contributed by atoms with Crippen LogP contribution in [0.4, 0.5) is 0 Å². The minimum Gasteiger partial charge on any atom is -0.247 e. The molecule has 3 aromatic rings. The standard InChI is InChI=1S/C13H7ClN4S/c14-11-4-9(8-1-2-19-7-8)3-10(5-11)13-12(6-15)16-18-17-13/h1-5,7H,(H,16,17,18). The Morgan fingerprint density at radius 1 is 1.21 bits per heavy atom. The Hall–Kier alpha value is -2.16. The Labute approximate surface area is 118 Å². The van der Waals surface area contributed by atoms with Crippen molar-refractivity contribution < 1.29 is 0 Å². The lowest BCUT2D eigenvalue weighted by Crippen LogP contribution is -1.85. The summed E-state index contributed by atoms with van der Waals surface area (Å²) in [5.74, 6) is 0. The lowest BCUT2D eigenvalue weighted by molar-refractivity contribution is 0.937. The second kappa shape index (κ2) is 4.84. The van der Waals surface area contributed by atoms with E-state index in [0.717, 1.165) is 16.7 Å². The zero-order valence-corrected chi connectivity index (χ0v) is 11.2. The van der Waals surface area contributed by atoms with Crippen molar-refractivity contribution in [2.75, 3.05) is 0 Å². The van der Waals surface area contributed by atoms with E-state index >= 15 is 0 Å². The van der Waals surface area contributed by atoms with Crippen molar-refractivity contribution in [2.24, 2.45) is 0 Å². The van der Waals surface area contributed by atoms with Crippen LogP contribution in [0.3, 0.4) is 0 Å². The quantitative estimate of drug-likeness (QED) is 0.780. The van der Waals surface area contributed by atoms with Crippen LogP contribution in [0, 0.1) is 11.3 Å². The van der Waals surface area contributed by atoms with E-state index in [9.17, 15) is 0 Å². The van der Waals surface area contributed by atoms with Crippen LogP contribution in [-0.4, -0.2) is 15.4 Å². The molecule has 0 spiro atoms. The highest BCUT2D eigenvalue weighted by atomic mass is 35.5. The van der Waals surface area contributed by atoms with Gasteiger partial charge in [0.1, 0.15) is 11.8 Å². The number of aromatic amines is 1. The van der Waals surface area contributed by atoms with Crippen LogP contribution in [0.5, 0.6) is 0 Å². The third-order valence-electron chi connectivity index (χ3n) is 2.69. The van der Waals surface area contributed by atoms with E-state index in [0.29, 0.717) is 16.4 Å². The fourth-order valence-corrected chi connectivity index (χ4v) is 2.73. The molecule has 0 saturated heterocycles. The van der Waals surface area contributed by atoms with E-state index < -0.39 is 0 Å². The van der Waals surface area contributed by atoms with Gasteiger partial charge in [0.2, 0.25) is 0 Å². The van der Waals surface area contributed by atoms with Crippen molar-refractivity contribution in [2.45, 2.75) is 0 Å². The topological polar surface area (TPSA) is 65.4 Å². The SMILES string of the molecule is N#Cc1[nH]nnc1-c1cc(Cl)cc(-c2ccsc2)c1. The summed E-state index contributed by atoms with van der Waals surface area (Å²) in [6, 6.07) is 9.66. The van der Waals surface area contributed by atoms with Gasteiger partial charge in [-0.3, -0.25) is 0 Å². The van der Waals surface area contributed by atoms with E-state index in [1.54, 1.807) is 17.4 Å². The molecule has 2 aromatic heterocycles. The number of hydrogen-bond donors (Lipinski definition) is 1. The molecule has 1 N–H and O–H groups in total. The number of hydrogen-bond acceptors (Lipinski definition) is 4. The number of rotatable bonds is 2. The van der Waals surface area contributed by atoms with Gasteiger partial charge in [0.05, 0.1) is 0 Å². The third-order valence-corrected chi connectivity index (χ3v) is 3.59. The molecule has 0 atom stereocenters. The Bertz CT molecular complexity index is 755. The monoisotopic (exact) mass is 286 g/mol. The summed E-state index contributed by atoms with van der Waals surface area (Å²) in [6.07, 6.45) is 0. The van der Waals surface area contributed by atoms with Gasteiger partial charge < -0.3 is 0 Å². The highest BCUT2D eigenvalue weighted by molar-refractivity contribution is 7.08. The minimum atomic E-state index is 0.332. The Morgan fingerprint density at radius 3 is 2.79 bits per heavy atom. The molecular formula is C13H7ClN4S. The predicted molar refractivity (Wildman–Crippen MR) is 74.9 cm³/mol. The molecule has 0 aliphatic heterocycles. The van der Waals surface area contributed by atoms with Crippen molar-refractivity contribution >= 4 is 22.9 Å². The van der Waals surface area contributed by atoms with Gasteiger partial charge in [-0.2, -0.15) is 16.6 Å². The van der Waals surface area contributed by atoms with Crippen LogP contribution in [0.25, 0.3) is 22.4 Å². The number of aromatic nitrogens is 3. The van der Waals surface area contributed by atoms with Crippen LogP contribution < -0.4 is 0 Å². The van der Waals surface area contributed by atoms with Crippen LogP contribution in [0.1, 0.15) is 5.69 Å². The Kier molecular flexibility index (Phi) is 3.03. The number of H-pyrrole nitrogens is 1. The van der Waals surface area contributed by atoms with Crippen molar-refractivity contribution in [1.82, 2.24) is 15.4 Å². The maximum atomic E-state index is 9.00. The molecule has 4 nitrogen and oxygen atoms in total. The number of halogens is 1. The van der Waals surface area contributed by atoms with Crippen molar-refractivity contribution in [3.63, 3.8) is 0 Å². The van der Waals surface area contributed by atoms with Gasteiger partial charge in [0.15, 0.2) is 5.69 Å². The molecule has 6 heteroatoms. The molecule has 0 amide bonds. The molecule has 0 fully saturated rings. The molecular weight excluding hydrogens is 280 g/mol. The second-order valence-electron chi connectivity index (χ2n) is 3.89. The van der Waals surface area contributed by atoms with E-state index in [-0.39, 0.29) is 0 Å². The molecule has 0 unspecified atom stereocenters. The summed E-state index contributed by atoms with van der Waals surface area (Å²) in [4.78, 5) is 0. The third kappa shape index (κ3) is 2.24. The number of nitrogens with zero attached hydrogens (tertiary/aromatic N) is 3. The highest BCUT2D eigenvalue weighted by Gasteiger charge is 2.11. The zero-order chi connectivity index (χ0) is 13.2. The van der Waals surface area contributed by atoms with Crippen molar-refractivity contribution in [3.05, 3.63) is 45.7 Å². The molecule has 92 valence electrons. The maximum Gasteiger partial charge on any atom is 0.163 e. The van der Waals surface area contributed by atoms with Crippen LogP contribution in [0.15, 0.2) is 35.0 Å². The summed E-state index contributed by atoms with van der Waals surface area (Å²) in [6.45, 7) is 0. The van der Waals surface area contributed by atoms with Gasteiger partial charge in [-0.1, -0.05) is 16.8 Å². The number of thiophene rings is 1. The lowest BCUT2D eigenvalue weighted by Gasteiger charge is -2.03. The smallest absolute Gasteiger partial charge is 0.163 e. The highest BCUT2D eigenvalue weighted by Crippen LogP contribution is 2.31. The predicted octanol–water partition coefficient (Wildman–Crippen LogP) is 3.73. The van der Waals surface area contributed by atoms with Gasteiger partial charge in [-0.25, -0.2) is 5.10 Å². The Morgan fingerprint density at radius 2 is 2.05 bits per heavy atom. The largest absolute Gasteiger partial charge is 0.247 e. The number of nitriles is 1. The molecule has 0 bridgehead atoms. The summed E-state index contributed by atoms with van der Waals surface area (Å²) >= 11 is 7.76. The minimum absolute atomic E-state index is 0.332. The van der Waals surface area contributed by atoms with E-state index in [1.807, 2.05) is 35.0 Å². The number of nitrogens with one attached hydrogen (secondary N) is 1. The van der Waals surface area contributed by atoms with E-state index in [4.69, 9.17) is 16.9 Å². The van der Waals surface area contributed by atoms with Gasteiger partial charge in [-0.05, 0) is 46.2 Å². The summed E-state index contributed by atoms with van der Waals surface area (Å²) in [5.41, 5.74) is 3.71. The van der Waals surface area contributed by atoms with Crippen LogP contribution in [-0.2, 0) is 0 Å². The van der Waals surface area contributed by atoms with Gasteiger partial charge in [0, 0.05) is 10.6 Å². The fourth-order valence-electron chi connectivity index (χ4n) is 1.83. The fraction of sp³-hybridized carbons (Fsp3) is 0. The van der Waals surface area contributed by atoms with E-state index in [1.165, 1.54) is 0 Å². The maximum absolute atomic E-state index is 9.00. The molecule has 0 radical (unpaired) electrons. The molecule has 0 aliphatic carbocycles. The van der Waals surface area contributed by atoms with Crippen molar-refractivity contribution in [3.8, 4) is 28.5 Å². The van der Waals surface area contributed by atoms with Gasteiger partial charge in [0.25, 0.3) is 0 Å². The first-order valence-corrected chi connectivity index (χ1v) is 6.74. The lowest BCUT2D eigenvalue weighted by atomic mass is 10.0. The molecule has 1 aromatic carbocycles.